The zero-order valence-electron chi connectivity index (χ0n) is 11.1. The highest BCUT2D eigenvalue weighted by Crippen LogP contribution is 2.32. The van der Waals surface area contributed by atoms with E-state index < -0.39 is 0 Å². The average Bonchev–Trinajstić information content (AvgIpc) is 2.42. The first kappa shape index (κ1) is 12.8. The number of nitrogen functional groups attached to an aromatic ring is 1. The van der Waals surface area contributed by atoms with Crippen LogP contribution in [0.5, 0.6) is 5.75 Å². The maximum Gasteiger partial charge on any atom is 0.150 e. The van der Waals surface area contributed by atoms with Crippen molar-refractivity contribution in [3.05, 3.63) is 35.2 Å². The number of aromatic nitrogens is 2. The maximum absolute atomic E-state index is 8.98. The molecule has 1 aromatic heterocycles. The third-order valence-electron chi connectivity index (χ3n) is 2.92. The zero-order chi connectivity index (χ0) is 14.0. The minimum Gasteiger partial charge on any atom is -0.496 e. The molecular weight excluding hydrogens is 240 g/mol. The number of nitriles is 1. The van der Waals surface area contributed by atoms with Gasteiger partial charge in [0.25, 0.3) is 0 Å². The van der Waals surface area contributed by atoms with Gasteiger partial charge in [-0.1, -0.05) is 0 Å². The van der Waals surface area contributed by atoms with Gasteiger partial charge in [0.15, 0.2) is 0 Å². The number of benzene rings is 1. The highest BCUT2D eigenvalue weighted by atomic mass is 16.5. The van der Waals surface area contributed by atoms with Gasteiger partial charge in [-0.2, -0.15) is 5.26 Å². The summed E-state index contributed by atoms with van der Waals surface area (Å²) in [7, 11) is 1.57. The quantitative estimate of drug-likeness (QED) is 0.888. The van der Waals surface area contributed by atoms with Gasteiger partial charge in [0.1, 0.15) is 17.3 Å². The number of hydrogen-bond acceptors (Lipinski definition) is 5. The molecule has 2 rings (SSSR count). The topological polar surface area (TPSA) is 84.8 Å². The lowest BCUT2D eigenvalue weighted by Gasteiger charge is -2.11. The molecule has 0 aliphatic carbocycles. The Bertz CT molecular complexity index is 674. The molecule has 0 atom stereocenters. The van der Waals surface area contributed by atoms with Crippen molar-refractivity contribution in [2.45, 2.75) is 13.8 Å². The third-order valence-corrected chi connectivity index (χ3v) is 2.92. The van der Waals surface area contributed by atoms with E-state index in [4.69, 9.17) is 15.7 Å². The maximum atomic E-state index is 8.98. The Morgan fingerprint density at radius 1 is 1.21 bits per heavy atom. The molecule has 0 spiro atoms. The van der Waals surface area contributed by atoms with Crippen LogP contribution in [0.3, 0.4) is 0 Å². The molecule has 0 saturated carbocycles. The van der Waals surface area contributed by atoms with Crippen LogP contribution in [0.25, 0.3) is 11.3 Å². The predicted molar refractivity (Wildman–Crippen MR) is 72.6 cm³/mol. The van der Waals surface area contributed by atoms with Crippen LogP contribution < -0.4 is 10.5 Å². The number of anilines is 1. The summed E-state index contributed by atoms with van der Waals surface area (Å²) in [6.45, 7) is 3.72. The van der Waals surface area contributed by atoms with E-state index in [2.05, 4.69) is 16.0 Å². The van der Waals surface area contributed by atoms with Crippen LogP contribution in [-0.2, 0) is 0 Å². The van der Waals surface area contributed by atoms with Crippen molar-refractivity contribution in [2.24, 2.45) is 0 Å². The molecule has 0 aliphatic heterocycles. The summed E-state index contributed by atoms with van der Waals surface area (Å²) in [6.07, 6.45) is 0. The molecule has 5 heteroatoms. The number of rotatable bonds is 2. The highest BCUT2D eigenvalue weighted by molar-refractivity contribution is 5.76. The normalized spacial score (nSPS) is 10.0. The van der Waals surface area contributed by atoms with Crippen LogP contribution in [0.1, 0.15) is 17.0 Å². The van der Waals surface area contributed by atoms with E-state index in [0.717, 1.165) is 11.4 Å². The second-order valence-corrected chi connectivity index (χ2v) is 4.16. The van der Waals surface area contributed by atoms with Crippen molar-refractivity contribution < 1.29 is 4.74 Å². The monoisotopic (exact) mass is 254 g/mol. The summed E-state index contributed by atoms with van der Waals surface area (Å²) in [5.41, 5.74) is 9.25. The molecule has 96 valence electrons. The summed E-state index contributed by atoms with van der Waals surface area (Å²) < 4.78 is 5.29. The lowest BCUT2D eigenvalue weighted by atomic mass is 10.1. The molecule has 0 fully saturated rings. The minimum atomic E-state index is 0.330. The molecule has 0 saturated heterocycles. The second kappa shape index (κ2) is 4.94. The largest absolute Gasteiger partial charge is 0.496 e. The van der Waals surface area contributed by atoms with Crippen molar-refractivity contribution in [3.63, 3.8) is 0 Å². The Kier molecular flexibility index (Phi) is 3.34. The molecule has 0 unspecified atom stereocenters. The molecule has 2 N–H and O–H groups in total. The lowest BCUT2D eigenvalue weighted by molar-refractivity contribution is 0.416. The summed E-state index contributed by atoms with van der Waals surface area (Å²) in [4.78, 5) is 8.71. The van der Waals surface area contributed by atoms with Crippen LogP contribution in [0.4, 0.5) is 5.82 Å². The van der Waals surface area contributed by atoms with E-state index in [1.807, 2.05) is 13.8 Å². The van der Waals surface area contributed by atoms with Crippen LogP contribution >= 0.6 is 0 Å². The van der Waals surface area contributed by atoms with Crippen LogP contribution in [-0.4, -0.2) is 17.1 Å². The van der Waals surface area contributed by atoms with Gasteiger partial charge in [-0.25, -0.2) is 9.97 Å². The van der Waals surface area contributed by atoms with Gasteiger partial charge < -0.3 is 10.5 Å². The summed E-state index contributed by atoms with van der Waals surface area (Å²) in [6, 6.07) is 7.21. The fraction of sp³-hybridized carbons (Fsp3) is 0.214. The standard InChI is InChI=1S/C14H14N4O/c1-8-9(2)18-14(16)13(17-8)11-6-10(7-15)4-5-12(11)19-3/h4-6H,1-3H3,(H2,16,18). The van der Waals surface area contributed by atoms with Crippen molar-refractivity contribution in [1.82, 2.24) is 9.97 Å². The van der Waals surface area contributed by atoms with Crippen molar-refractivity contribution in [2.75, 3.05) is 12.8 Å². The first-order valence-electron chi connectivity index (χ1n) is 5.76. The van der Waals surface area contributed by atoms with E-state index >= 15 is 0 Å². The van der Waals surface area contributed by atoms with Crippen molar-refractivity contribution >= 4 is 5.82 Å². The molecule has 1 aromatic carbocycles. The summed E-state index contributed by atoms with van der Waals surface area (Å²) >= 11 is 0. The van der Waals surface area contributed by atoms with E-state index in [1.165, 1.54) is 0 Å². The van der Waals surface area contributed by atoms with Crippen molar-refractivity contribution in [3.8, 4) is 23.1 Å². The van der Waals surface area contributed by atoms with Crippen LogP contribution in [0, 0.1) is 25.2 Å². The van der Waals surface area contributed by atoms with Crippen LogP contribution in [0.2, 0.25) is 0 Å². The summed E-state index contributed by atoms with van der Waals surface area (Å²) in [5, 5.41) is 8.98. The number of methoxy groups -OCH3 is 1. The fourth-order valence-corrected chi connectivity index (χ4v) is 1.78. The van der Waals surface area contributed by atoms with Gasteiger partial charge in [0, 0.05) is 5.56 Å². The van der Waals surface area contributed by atoms with E-state index in [0.29, 0.717) is 28.4 Å². The Morgan fingerprint density at radius 3 is 2.53 bits per heavy atom. The molecule has 0 amide bonds. The van der Waals surface area contributed by atoms with Gasteiger partial charge in [0.05, 0.1) is 30.1 Å². The number of ether oxygens (including phenoxy) is 1. The smallest absolute Gasteiger partial charge is 0.150 e. The zero-order valence-corrected chi connectivity index (χ0v) is 11.1. The van der Waals surface area contributed by atoms with Gasteiger partial charge in [0.2, 0.25) is 0 Å². The van der Waals surface area contributed by atoms with Gasteiger partial charge in [-0.15, -0.1) is 0 Å². The van der Waals surface area contributed by atoms with E-state index in [1.54, 1.807) is 25.3 Å². The first-order valence-corrected chi connectivity index (χ1v) is 5.76. The molecule has 2 aromatic rings. The number of aryl methyl sites for hydroxylation is 2. The lowest BCUT2D eigenvalue weighted by Crippen LogP contribution is -2.03. The fourth-order valence-electron chi connectivity index (χ4n) is 1.78. The number of nitrogens with two attached hydrogens (primary N) is 1. The number of nitrogens with zero attached hydrogens (tertiary/aromatic N) is 3. The molecule has 0 radical (unpaired) electrons. The van der Waals surface area contributed by atoms with Crippen LogP contribution in [0.15, 0.2) is 18.2 Å². The Labute approximate surface area is 111 Å². The Morgan fingerprint density at radius 2 is 1.89 bits per heavy atom. The molecule has 5 nitrogen and oxygen atoms in total. The highest BCUT2D eigenvalue weighted by Gasteiger charge is 2.14. The predicted octanol–water partition coefficient (Wildman–Crippen LogP) is 2.22. The SMILES string of the molecule is COc1ccc(C#N)cc1-c1nc(C)c(C)nc1N. The molecule has 0 aliphatic rings. The molecular formula is C14H14N4O. The van der Waals surface area contributed by atoms with Gasteiger partial charge in [-0.3, -0.25) is 0 Å². The molecule has 1 heterocycles. The van der Waals surface area contributed by atoms with E-state index in [9.17, 15) is 0 Å². The average molecular weight is 254 g/mol. The number of hydrogen-bond donors (Lipinski definition) is 1. The van der Waals surface area contributed by atoms with Gasteiger partial charge in [-0.05, 0) is 32.0 Å². The Hall–Kier alpha value is -2.61. The van der Waals surface area contributed by atoms with E-state index in [-0.39, 0.29) is 0 Å². The van der Waals surface area contributed by atoms with Crippen molar-refractivity contribution in [1.29, 1.82) is 5.26 Å². The molecule has 0 bridgehead atoms. The van der Waals surface area contributed by atoms with Gasteiger partial charge >= 0.3 is 0 Å². The second-order valence-electron chi connectivity index (χ2n) is 4.16. The molecule has 19 heavy (non-hydrogen) atoms. The first-order chi connectivity index (χ1) is 9.06. The Balaban J connectivity index is 2.70. The minimum absolute atomic E-state index is 0.330. The summed E-state index contributed by atoms with van der Waals surface area (Å²) in [5.74, 6) is 0.944. The third kappa shape index (κ3) is 2.33.